The van der Waals surface area contributed by atoms with Crippen molar-refractivity contribution in [2.24, 2.45) is 5.73 Å². The normalized spacial score (nSPS) is 19.3. The summed E-state index contributed by atoms with van der Waals surface area (Å²) >= 11 is 0. The highest BCUT2D eigenvalue weighted by Gasteiger charge is 2.38. The Labute approximate surface area is 190 Å². The molecule has 0 radical (unpaired) electrons. The molecular formula is C21H30N4O8. The Hall–Kier alpha value is -3.22. The molecular weight excluding hydrogens is 436 g/mol. The van der Waals surface area contributed by atoms with Gasteiger partial charge in [0, 0.05) is 6.54 Å². The van der Waals surface area contributed by atoms with Crippen molar-refractivity contribution in [3.63, 3.8) is 0 Å². The summed E-state index contributed by atoms with van der Waals surface area (Å²) in [5.74, 6) is -3.52. The monoisotopic (exact) mass is 466 g/mol. The fourth-order valence-corrected chi connectivity index (χ4v) is 3.59. The number of phenolic OH excluding ortho intramolecular Hbond substituents is 1. The summed E-state index contributed by atoms with van der Waals surface area (Å²) in [4.78, 5) is 50.5. The van der Waals surface area contributed by atoms with Crippen LogP contribution in [0.5, 0.6) is 5.75 Å². The van der Waals surface area contributed by atoms with Gasteiger partial charge in [-0.3, -0.25) is 14.4 Å². The predicted molar refractivity (Wildman–Crippen MR) is 115 cm³/mol. The molecule has 182 valence electrons. The number of benzene rings is 1. The molecule has 12 heteroatoms. The Kier molecular flexibility index (Phi) is 9.14. The van der Waals surface area contributed by atoms with Gasteiger partial charge in [-0.15, -0.1) is 0 Å². The number of phenols is 1. The van der Waals surface area contributed by atoms with Crippen LogP contribution >= 0.6 is 0 Å². The predicted octanol–water partition coefficient (Wildman–Crippen LogP) is -2.32. The van der Waals surface area contributed by atoms with Crippen LogP contribution in [-0.4, -0.2) is 92.4 Å². The van der Waals surface area contributed by atoms with Crippen molar-refractivity contribution < 1.29 is 39.6 Å². The molecule has 1 saturated heterocycles. The van der Waals surface area contributed by atoms with Gasteiger partial charge in [0.15, 0.2) is 0 Å². The van der Waals surface area contributed by atoms with E-state index in [1.807, 2.05) is 5.32 Å². The van der Waals surface area contributed by atoms with E-state index in [0.717, 1.165) is 5.56 Å². The molecule has 5 unspecified atom stereocenters. The van der Waals surface area contributed by atoms with Gasteiger partial charge in [-0.25, -0.2) is 4.79 Å². The molecule has 1 aliphatic heterocycles. The highest BCUT2D eigenvalue weighted by Crippen LogP contribution is 2.20. The van der Waals surface area contributed by atoms with Gasteiger partial charge in [0.25, 0.3) is 0 Å². The molecule has 12 nitrogen and oxygen atoms in total. The number of hydrogen-bond acceptors (Lipinski definition) is 8. The summed E-state index contributed by atoms with van der Waals surface area (Å²) in [5.41, 5.74) is 6.79. The Morgan fingerprint density at radius 2 is 1.82 bits per heavy atom. The Morgan fingerprint density at radius 3 is 2.36 bits per heavy atom. The number of amides is 3. The van der Waals surface area contributed by atoms with Gasteiger partial charge in [0.05, 0.1) is 18.8 Å². The molecule has 0 saturated carbocycles. The van der Waals surface area contributed by atoms with Crippen LogP contribution in [0.1, 0.15) is 25.3 Å². The summed E-state index contributed by atoms with van der Waals surface area (Å²) in [5, 5.41) is 41.8. The summed E-state index contributed by atoms with van der Waals surface area (Å²) in [7, 11) is 0. The first-order valence-corrected chi connectivity index (χ1v) is 10.5. The highest BCUT2D eigenvalue weighted by atomic mass is 16.4. The quantitative estimate of drug-likeness (QED) is 0.197. The Balaban J connectivity index is 2.05. The summed E-state index contributed by atoms with van der Waals surface area (Å²) in [6, 6.07) is 1.30. The van der Waals surface area contributed by atoms with Crippen LogP contribution in [0.25, 0.3) is 0 Å². The number of aliphatic carboxylic acids is 1. The standard InChI is InChI=1S/C21H30N4O8/c1-11(27)17(19(30)23-15(10-26)21(32)33)24-18(29)16-3-2-8-25(16)20(31)14(22)9-12-4-6-13(28)7-5-12/h4-7,11,14-17,26-28H,2-3,8-10,22H2,1H3,(H,23,30)(H,24,29)(H,32,33). The van der Waals surface area contributed by atoms with Crippen molar-refractivity contribution in [3.8, 4) is 5.75 Å². The molecule has 0 spiro atoms. The number of aliphatic hydroxyl groups excluding tert-OH is 2. The van der Waals surface area contributed by atoms with E-state index in [2.05, 4.69) is 5.32 Å². The third kappa shape index (κ3) is 6.88. The number of aromatic hydroxyl groups is 1. The molecule has 3 amide bonds. The minimum absolute atomic E-state index is 0.0836. The van der Waals surface area contributed by atoms with E-state index in [9.17, 15) is 29.4 Å². The van der Waals surface area contributed by atoms with Crippen LogP contribution in [0.3, 0.4) is 0 Å². The number of carbonyl (C=O) groups is 4. The zero-order chi connectivity index (χ0) is 24.7. The van der Waals surface area contributed by atoms with Crippen LogP contribution < -0.4 is 16.4 Å². The van der Waals surface area contributed by atoms with E-state index < -0.39 is 60.6 Å². The third-order valence-electron chi connectivity index (χ3n) is 5.41. The fourth-order valence-electron chi connectivity index (χ4n) is 3.59. The summed E-state index contributed by atoms with van der Waals surface area (Å²) < 4.78 is 0. The molecule has 0 bridgehead atoms. The van der Waals surface area contributed by atoms with Crippen molar-refractivity contribution >= 4 is 23.7 Å². The maximum absolute atomic E-state index is 12.9. The molecule has 8 N–H and O–H groups in total. The maximum atomic E-state index is 12.9. The second kappa shape index (κ2) is 11.6. The number of nitrogens with one attached hydrogen (secondary N) is 2. The van der Waals surface area contributed by atoms with Gasteiger partial charge in [0.1, 0.15) is 23.9 Å². The average molecular weight is 466 g/mol. The number of carbonyl (C=O) groups excluding carboxylic acids is 3. The molecule has 1 heterocycles. The first-order chi connectivity index (χ1) is 15.5. The number of rotatable bonds is 10. The maximum Gasteiger partial charge on any atom is 0.328 e. The van der Waals surface area contributed by atoms with E-state index in [4.69, 9.17) is 15.9 Å². The zero-order valence-electron chi connectivity index (χ0n) is 18.2. The Morgan fingerprint density at radius 1 is 1.18 bits per heavy atom. The molecule has 1 aromatic rings. The van der Waals surface area contributed by atoms with E-state index in [1.165, 1.54) is 24.0 Å². The molecule has 0 aromatic heterocycles. The van der Waals surface area contributed by atoms with E-state index in [0.29, 0.717) is 12.8 Å². The first-order valence-electron chi connectivity index (χ1n) is 10.5. The number of nitrogens with zero attached hydrogens (tertiary/aromatic N) is 1. The molecule has 1 aliphatic rings. The van der Waals surface area contributed by atoms with Crippen LogP contribution in [0, 0.1) is 0 Å². The largest absolute Gasteiger partial charge is 0.508 e. The fraction of sp³-hybridized carbons (Fsp3) is 0.524. The van der Waals surface area contributed by atoms with Crippen LogP contribution in [-0.2, 0) is 25.6 Å². The zero-order valence-corrected chi connectivity index (χ0v) is 18.2. The van der Waals surface area contributed by atoms with Gasteiger partial charge in [0.2, 0.25) is 17.7 Å². The third-order valence-corrected chi connectivity index (χ3v) is 5.41. The van der Waals surface area contributed by atoms with Crippen molar-refractivity contribution in [1.29, 1.82) is 0 Å². The molecule has 0 aliphatic carbocycles. The van der Waals surface area contributed by atoms with Crippen molar-refractivity contribution in [3.05, 3.63) is 29.8 Å². The SMILES string of the molecule is CC(O)C(NC(=O)C1CCCN1C(=O)C(N)Cc1ccc(O)cc1)C(=O)NC(CO)C(=O)O. The van der Waals surface area contributed by atoms with Crippen molar-refractivity contribution in [2.75, 3.05) is 13.2 Å². The lowest BCUT2D eigenvalue weighted by Gasteiger charge is -2.29. The van der Waals surface area contributed by atoms with E-state index >= 15 is 0 Å². The average Bonchev–Trinajstić information content (AvgIpc) is 3.26. The lowest BCUT2D eigenvalue weighted by Crippen LogP contribution is -2.59. The van der Waals surface area contributed by atoms with Gasteiger partial charge < -0.3 is 41.7 Å². The molecule has 33 heavy (non-hydrogen) atoms. The minimum Gasteiger partial charge on any atom is -0.508 e. The van der Waals surface area contributed by atoms with Crippen molar-refractivity contribution in [1.82, 2.24) is 15.5 Å². The van der Waals surface area contributed by atoms with Gasteiger partial charge >= 0.3 is 5.97 Å². The number of likely N-dealkylation sites (tertiary alicyclic amines) is 1. The van der Waals surface area contributed by atoms with Gasteiger partial charge in [-0.2, -0.15) is 0 Å². The lowest BCUT2D eigenvalue weighted by atomic mass is 10.0. The topological polar surface area (TPSA) is 203 Å². The number of nitrogens with two attached hydrogens (primary N) is 1. The number of carboxylic acid groups (broad SMARTS) is 1. The van der Waals surface area contributed by atoms with Gasteiger partial charge in [-0.1, -0.05) is 12.1 Å². The molecule has 1 fully saturated rings. The molecule has 1 aromatic carbocycles. The first kappa shape index (κ1) is 26.0. The molecule has 5 atom stereocenters. The highest BCUT2D eigenvalue weighted by molar-refractivity contribution is 5.94. The van der Waals surface area contributed by atoms with Gasteiger partial charge in [-0.05, 0) is 43.9 Å². The number of carboxylic acids is 1. The van der Waals surface area contributed by atoms with E-state index in [1.54, 1.807) is 12.1 Å². The number of aliphatic hydroxyl groups is 2. The lowest BCUT2D eigenvalue weighted by molar-refractivity contribution is -0.144. The summed E-state index contributed by atoms with van der Waals surface area (Å²) in [6.07, 6.45) is -0.316. The van der Waals surface area contributed by atoms with Crippen LogP contribution in [0.15, 0.2) is 24.3 Å². The number of hydrogen-bond donors (Lipinski definition) is 7. The van der Waals surface area contributed by atoms with Crippen LogP contribution in [0.2, 0.25) is 0 Å². The van der Waals surface area contributed by atoms with Crippen LogP contribution in [0.4, 0.5) is 0 Å². The Bertz CT molecular complexity index is 860. The second-order valence-electron chi connectivity index (χ2n) is 7.98. The van der Waals surface area contributed by atoms with E-state index in [-0.39, 0.29) is 18.7 Å². The van der Waals surface area contributed by atoms with Crippen molar-refractivity contribution in [2.45, 2.75) is 56.5 Å². The second-order valence-corrected chi connectivity index (χ2v) is 7.98. The molecule has 2 rings (SSSR count). The smallest absolute Gasteiger partial charge is 0.328 e. The summed E-state index contributed by atoms with van der Waals surface area (Å²) in [6.45, 7) is 0.660. The minimum atomic E-state index is -1.60.